The van der Waals surface area contributed by atoms with Crippen LogP contribution in [0.3, 0.4) is 0 Å². The Balaban J connectivity index is 2.22. The second-order valence-electron chi connectivity index (χ2n) is 5.06. The molecule has 4 heteroatoms. The van der Waals surface area contributed by atoms with Crippen LogP contribution >= 0.6 is 0 Å². The minimum absolute atomic E-state index is 0.102. The van der Waals surface area contributed by atoms with E-state index in [2.05, 4.69) is 16.9 Å². The van der Waals surface area contributed by atoms with E-state index in [-0.39, 0.29) is 11.9 Å². The molecule has 1 atom stereocenters. The van der Waals surface area contributed by atoms with E-state index < -0.39 is 0 Å². The smallest absolute Gasteiger partial charge is 0.133 e. The van der Waals surface area contributed by atoms with Crippen molar-refractivity contribution in [1.82, 2.24) is 9.97 Å². The van der Waals surface area contributed by atoms with Gasteiger partial charge in [0.1, 0.15) is 11.6 Å². The van der Waals surface area contributed by atoms with E-state index >= 15 is 0 Å². The normalized spacial score (nSPS) is 12.4. The molecule has 2 rings (SSSR count). The molecule has 0 saturated carbocycles. The summed E-state index contributed by atoms with van der Waals surface area (Å²) in [5.41, 5.74) is 8.40. The fourth-order valence-corrected chi connectivity index (χ4v) is 2.11. The van der Waals surface area contributed by atoms with Gasteiger partial charge in [0.2, 0.25) is 0 Å². The van der Waals surface area contributed by atoms with Crippen molar-refractivity contribution in [3.8, 4) is 0 Å². The third-order valence-corrected chi connectivity index (χ3v) is 3.26. The molecule has 0 radical (unpaired) electrons. The highest BCUT2D eigenvalue weighted by Gasteiger charge is 2.09. The van der Waals surface area contributed by atoms with Gasteiger partial charge in [0.05, 0.1) is 0 Å². The molecule has 1 heterocycles. The Morgan fingerprint density at radius 3 is 2.70 bits per heavy atom. The highest BCUT2D eigenvalue weighted by Crippen LogP contribution is 2.12. The van der Waals surface area contributed by atoms with Gasteiger partial charge in [0, 0.05) is 30.3 Å². The summed E-state index contributed by atoms with van der Waals surface area (Å²) in [5, 5.41) is 0. The molecular formula is C16H20FN3. The van der Waals surface area contributed by atoms with Crippen molar-refractivity contribution in [3.05, 3.63) is 58.9 Å². The van der Waals surface area contributed by atoms with Gasteiger partial charge in [-0.15, -0.1) is 0 Å². The molecule has 0 amide bonds. The molecule has 1 aromatic carbocycles. The lowest BCUT2D eigenvalue weighted by Crippen LogP contribution is -2.22. The number of benzene rings is 1. The number of halogens is 1. The molecule has 2 N–H and O–H groups in total. The quantitative estimate of drug-likeness (QED) is 0.911. The van der Waals surface area contributed by atoms with Gasteiger partial charge in [0.25, 0.3) is 0 Å². The van der Waals surface area contributed by atoms with Crippen LogP contribution in [-0.2, 0) is 12.8 Å². The van der Waals surface area contributed by atoms with Gasteiger partial charge in [-0.05, 0) is 31.0 Å². The third-order valence-electron chi connectivity index (χ3n) is 3.26. The van der Waals surface area contributed by atoms with Crippen LogP contribution in [0.1, 0.15) is 36.1 Å². The fraction of sp³-hybridized carbons (Fsp3) is 0.375. The molecular weight excluding hydrogens is 253 g/mol. The number of hydrogen-bond donors (Lipinski definition) is 1. The van der Waals surface area contributed by atoms with Crippen LogP contribution in [0.4, 0.5) is 4.39 Å². The molecule has 0 bridgehead atoms. The first-order valence-electron chi connectivity index (χ1n) is 6.91. The predicted octanol–water partition coefficient (Wildman–Crippen LogP) is 2.79. The van der Waals surface area contributed by atoms with Crippen LogP contribution in [0, 0.1) is 12.7 Å². The van der Waals surface area contributed by atoms with E-state index in [9.17, 15) is 4.39 Å². The van der Waals surface area contributed by atoms with Gasteiger partial charge < -0.3 is 5.73 Å². The second kappa shape index (κ2) is 6.57. The summed E-state index contributed by atoms with van der Waals surface area (Å²) >= 11 is 0. The maximum absolute atomic E-state index is 13.7. The van der Waals surface area contributed by atoms with Crippen molar-refractivity contribution < 1.29 is 4.39 Å². The minimum Gasteiger partial charge on any atom is -0.327 e. The van der Waals surface area contributed by atoms with Gasteiger partial charge in [-0.2, -0.15) is 0 Å². The first-order valence-corrected chi connectivity index (χ1v) is 6.91. The molecule has 1 unspecified atom stereocenters. The number of hydrogen-bond acceptors (Lipinski definition) is 3. The maximum atomic E-state index is 13.7. The van der Waals surface area contributed by atoms with Gasteiger partial charge in [0.15, 0.2) is 0 Å². The van der Waals surface area contributed by atoms with Crippen LogP contribution in [0.2, 0.25) is 0 Å². The Labute approximate surface area is 119 Å². The van der Waals surface area contributed by atoms with Crippen LogP contribution in [-0.4, -0.2) is 16.0 Å². The molecule has 0 aliphatic carbocycles. The number of nitrogens with two attached hydrogens (primary N) is 1. The van der Waals surface area contributed by atoms with Crippen LogP contribution < -0.4 is 5.73 Å². The lowest BCUT2D eigenvalue weighted by atomic mass is 10.1. The molecule has 0 saturated heterocycles. The Morgan fingerprint density at radius 2 is 2.00 bits per heavy atom. The van der Waals surface area contributed by atoms with Crippen molar-refractivity contribution >= 4 is 0 Å². The van der Waals surface area contributed by atoms with E-state index in [1.54, 1.807) is 12.1 Å². The zero-order valence-electron chi connectivity index (χ0n) is 11.9. The van der Waals surface area contributed by atoms with Crippen molar-refractivity contribution in [3.63, 3.8) is 0 Å². The second-order valence-corrected chi connectivity index (χ2v) is 5.06. The van der Waals surface area contributed by atoms with Gasteiger partial charge >= 0.3 is 0 Å². The maximum Gasteiger partial charge on any atom is 0.133 e. The lowest BCUT2D eigenvalue weighted by Gasteiger charge is -2.10. The first-order chi connectivity index (χ1) is 9.58. The Kier molecular flexibility index (Phi) is 4.79. The van der Waals surface area contributed by atoms with E-state index in [0.717, 1.165) is 24.2 Å². The molecule has 0 aliphatic heterocycles. The van der Waals surface area contributed by atoms with Crippen molar-refractivity contribution in [1.29, 1.82) is 0 Å². The summed E-state index contributed by atoms with van der Waals surface area (Å²) in [6, 6.07) is 8.77. The molecule has 3 nitrogen and oxygen atoms in total. The van der Waals surface area contributed by atoms with Crippen molar-refractivity contribution in [2.45, 2.75) is 39.2 Å². The summed E-state index contributed by atoms with van der Waals surface area (Å²) in [5.74, 6) is 0.429. The summed E-state index contributed by atoms with van der Waals surface area (Å²) in [4.78, 5) is 8.88. The molecule has 0 spiro atoms. The van der Waals surface area contributed by atoms with Crippen molar-refractivity contribution in [2.24, 2.45) is 5.73 Å². The van der Waals surface area contributed by atoms with Crippen LogP contribution in [0.5, 0.6) is 0 Å². The average molecular weight is 273 g/mol. The lowest BCUT2D eigenvalue weighted by molar-refractivity contribution is 0.609. The summed E-state index contributed by atoms with van der Waals surface area (Å²) in [6.07, 6.45) is 2.04. The van der Waals surface area contributed by atoms with E-state index in [0.29, 0.717) is 17.8 Å². The van der Waals surface area contributed by atoms with Gasteiger partial charge in [-0.25, -0.2) is 14.4 Å². The SMILES string of the molecule is CCC(N)Cc1cc(C)nc(Cc2ccccc2F)n1. The van der Waals surface area contributed by atoms with Crippen LogP contribution in [0.25, 0.3) is 0 Å². The number of aromatic nitrogens is 2. The summed E-state index contributed by atoms with van der Waals surface area (Å²) in [7, 11) is 0. The molecule has 106 valence electrons. The monoisotopic (exact) mass is 273 g/mol. The van der Waals surface area contributed by atoms with Gasteiger partial charge in [-0.3, -0.25) is 0 Å². The topological polar surface area (TPSA) is 51.8 Å². The van der Waals surface area contributed by atoms with E-state index in [1.165, 1.54) is 6.07 Å². The summed E-state index contributed by atoms with van der Waals surface area (Å²) in [6.45, 7) is 3.98. The van der Waals surface area contributed by atoms with Gasteiger partial charge in [-0.1, -0.05) is 25.1 Å². The Hall–Kier alpha value is -1.81. The highest BCUT2D eigenvalue weighted by molar-refractivity contribution is 5.22. The largest absolute Gasteiger partial charge is 0.327 e. The number of nitrogens with zero attached hydrogens (tertiary/aromatic N) is 2. The Morgan fingerprint density at radius 1 is 1.25 bits per heavy atom. The molecule has 0 fully saturated rings. The van der Waals surface area contributed by atoms with E-state index in [1.807, 2.05) is 19.1 Å². The van der Waals surface area contributed by atoms with E-state index in [4.69, 9.17) is 5.73 Å². The third kappa shape index (κ3) is 3.84. The Bertz CT molecular complexity index is 584. The highest BCUT2D eigenvalue weighted by atomic mass is 19.1. The number of rotatable bonds is 5. The van der Waals surface area contributed by atoms with Crippen molar-refractivity contribution in [2.75, 3.05) is 0 Å². The molecule has 1 aromatic heterocycles. The standard InChI is InChI=1S/C16H20FN3/c1-3-13(18)10-14-8-11(2)19-16(20-14)9-12-6-4-5-7-15(12)17/h4-8,13H,3,9-10,18H2,1-2H3. The molecule has 20 heavy (non-hydrogen) atoms. The first kappa shape index (κ1) is 14.6. The van der Waals surface area contributed by atoms with Crippen LogP contribution in [0.15, 0.2) is 30.3 Å². The summed E-state index contributed by atoms with van der Waals surface area (Å²) < 4.78 is 13.7. The number of aryl methyl sites for hydroxylation is 1. The minimum atomic E-state index is -0.218. The zero-order chi connectivity index (χ0) is 14.5. The fourth-order valence-electron chi connectivity index (χ4n) is 2.11. The predicted molar refractivity (Wildman–Crippen MR) is 77.9 cm³/mol. The average Bonchev–Trinajstić information content (AvgIpc) is 2.40. The zero-order valence-corrected chi connectivity index (χ0v) is 11.9. The molecule has 2 aromatic rings. The molecule has 0 aliphatic rings.